The molecule has 20 heavy (non-hydrogen) atoms. The van der Waals surface area contributed by atoms with Gasteiger partial charge >= 0.3 is 0 Å². The summed E-state index contributed by atoms with van der Waals surface area (Å²) in [6, 6.07) is 0.454. The predicted octanol–water partition coefficient (Wildman–Crippen LogP) is 1.79. The maximum atomic E-state index is 11.6. The number of tetrazole rings is 1. The number of rotatable bonds is 7. The molecule has 1 N–H and O–H groups in total. The van der Waals surface area contributed by atoms with Gasteiger partial charge in [-0.25, -0.2) is 4.68 Å². The van der Waals surface area contributed by atoms with E-state index in [1.165, 1.54) is 12.8 Å². The SMILES string of the molecule is CC(C)CNC(=O)CSCc1nnnn1C1CCCC1. The Morgan fingerprint density at radius 1 is 1.45 bits per heavy atom. The molecule has 6 nitrogen and oxygen atoms in total. The van der Waals surface area contributed by atoms with Crippen molar-refractivity contribution in [3.05, 3.63) is 5.82 Å². The van der Waals surface area contributed by atoms with Gasteiger partial charge in [0.25, 0.3) is 0 Å². The lowest BCUT2D eigenvalue weighted by Crippen LogP contribution is -2.28. The van der Waals surface area contributed by atoms with Gasteiger partial charge in [-0.1, -0.05) is 26.7 Å². The van der Waals surface area contributed by atoms with E-state index in [1.54, 1.807) is 11.8 Å². The summed E-state index contributed by atoms with van der Waals surface area (Å²) < 4.78 is 1.95. The molecule has 1 heterocycles. The third-order valence-corrected chi connectivity index (χ3v) is 4.33. The summed E-state index contributed by atoms with van der Waals surface area (Å²) >= 11 is 1.57. The quantitative estimate of drug-likeness (QED) is 0.830. The third kappa shape index (κ3) is 4.47. The average Bonchev–Trinajstić information content (AvgIpc) is 3.06. The first kappa shape index (κ1) is 15.3. The first-order valence-corrected chi connectivity index (χ1v) is 8.43. The van der Waals surface area contributed by atoms with Crippen LogP contribution in [0.3, 0.4) is 0 Å². The number of carbonyl (C=O) groups is 1. The fourth-order valence-electron chi connectivity index (χ4n) is 2.34. The standard InChI is InChI=1S/C13H23N5OS/c1-10(2)7-14-13(19)9-20-8-12-15-16-17-18(12)11-5-3-4-6-11/h10-11H,3-9H2,1-2H3,(H,14,19). The molecule has 1 fully saturated rings. The number of nitrogens with one attached hydrogen (secondary N) is 1. The van der Waals surface area contributed by atoms with Gasteiger partial charge in [0.1, 0.15) is 0 Å². The fourth-order valence-corrected chi connectivity index (χ4v) is 3.11. The van der Waals surface area contributed by atoms with Crippen molar-refractivity contribution in [1.29, 1.82) is 0 Å². The molecule has 0 radical (unpaired) electrons. The molecule has 1 aromatic heterocycles. The van der Waals surface area contributed by atoms with E-state index in [0.29, 0.717) is 23.5 Å². The van der Waals surface area contributed by atoms with Crippen LogP contribution in [0.1, 0.15) is 51.4 Å². The first-order chi connectivity index (χ1) is 9.66. The van der Waals surface area contributed by atoms with Gasteiger partial charge in [0.05, 0.1) is 17.5 Å². The molecule has 1 aromatic rings. The fraction of sp³-hybridized carbons (Fsp3) is 0.846. The predicted molar refractivity (Wildman–Crippen MR) is 79.3 cm³/mol. The highest BCUT2D eigenvalue weighted by Gasteiger charge is 2.21. The van der Waals surface area contributed by atoms with Crippen molar-refractivity contribution in [2.45, 2.75) is 51.3 Å². The molecule has 0 atom stereocenters. The van der Waals surface area contributed by atoms with Gasteiger partial charge in [0, 0.05) is 6.54 Å². The van der Waals surface area contributed by atoms with Crippen molar-refractivity contribution in [2.24, 2.45) is 5.92 Å². The summed E-state index contributed by atoms with van der Waals surface area (Å²) in [7, 11) is 0. The van der Waals surface area contributed by atoms with Gasteiger partial charge in [-0.3, -0.25) is 4.79 Å². The minimum Gasteiger partial charge on any atom is -0.355 e. The summed E-state index contributed by atoms with van der Waals surface area (Å²) in [5.74, 6) is 2.61. The largest absolute Gasteiger partial charge is 0.355 e. The maximum Gasteiger partial charge on any atom is 0.230 e. The van der Waals surface area contributed by atoms with Crippen LogP contribution in [0.15, 0.2) is 0 Å². The van der Waals surface area contributed by atoms with Crippen molar-refractivity contribution in [1.82, 2.24) is 25.5 Å². The highest BCUT2D eigenvalue weighted by Crippen LogP contribution is 2.29. The van der Waals surface area contributed by atoms with Crippen LogP contribution < -0.4 is 5.32 Å². The molecule has 0 unspecified atom stereocenters. The van der Waals surface area contributed by atoms with Gasteiger partial charge in [-0.15, -0.1) is 16.9 Å². The van der Waals surface area contributed by atoms with E-state index < -0.39 is 0 Å². The number of aromatic nitrogens is 4. The zero-order valence-corrected chi connectivity index (χ0v) is 13.0. The molecule has 1 aliphatic carbocycles. The second-order valence-corrected chi connectivity index (χ2v) is 6.65. The number of hydrogen-bond acceptors (Lipinski definition) is 5. The molecule has 1 saturated carbocycles. The second kappa shape index (κ2) is 7.61. The number of amides is 1. The summed E-state index contributed by atoms with van der Waals surface area (Å²) in [6.45, 7) is 4.91. The van der Waals surface area contributed by atoms with E-state index in [1.807, 2.05) is 4.68 Å². The third-order valence-electron chi connectivity index (χ3n) is 3.40. The van der Waals surface area contributed by atoms with Crippen molar-refractivity contribution >= 4 is 17.7 Å². The van der Waals surface area contributed by atoms with Crippen LogP contribution in [-0.2, 0) is 10.5 Å². The summed E-state index contributed by atoms with van der Waals surface area (Å²) in [5, 5.41) is 14.9. The molecule has 2 rings (SSSR count). The van der Waals surface area contributed by atoms with Crippen LogP contribution in [0.4, 0.5) is 0 Å². The molecular weight excluding hydrogens is 274 g/mol. The molecule has 0 saturated heterocycles. The molecular formula is C13H23N5OS. The minimum absolute atomic E-state index is 0.0867. The molecule has 1 amide bonds. The van der Waals surface area contributed by atoms with Gasteiger partial charge in [0.15, 0.2) is 5.82 Å². The molecule has 7 heteroatoms. The Morgan fingerprint density at radius 2 is 2.20 bits per heavy atom. The minimum atomic E-state index is 0.0867. The van der Waals surface area contributed by atoms with Gasteiger partial charge in [-0.05, 0) is 29.2 Å². The van der Waals surface area contributed by atoms with E-state index in [0.717, 1.165) is 25.2 Å². The highest BCUT2D eigenvalue weighted by atomic mass is 32.2. The van der Waals surface area contributed by atoms with Crippen molar-refractivity contribution in [3.63, 3.8) is 0 Å². The second-order valence-electron chi connectivity index (χ2n) is 5.67. The van der Waals surface area contributed by atoms with Gasteiger partial charge in [0.2, 0.25) is 5.91 Å². The average molecular weight is 297 g/mol. The normalized spacial score (nSPS) is 15.9. The number of hydrogen-bond donors (Lipinski definition) is 1. The molecule has 1 aliphatic rings. The zero-order valence-electron chi connectivity index (χ0n) is 12.2. The molecule has 0 aromatic carbocycles. The van der Waals surface area contributed by atoms with E-state index in [-0.39, 0.29) is 5.91 Å². The van der Waals surface area contributed by atoms with Crippen LogP contribution in [0.2, 0.25) is 0 Å². The van der Waals surface area contributed by atoms with Crippen molar-refractivity contribution in [2.75, 3.05) is 12.3 Å². The van der Waals surface area contributed by atoms with E-state index in [4.69, 9.17) is 0 Å². The van der Waals surface area contributed by atoms with E-state index in [2.05, 4.69) is 34.7 Å². The number of thioether (sulfide) groups is 1. The molecule has 112 valence electrons. The van der Waals surface area contributed by atoms with Crippen LogP contribution >= 0.6 is 11.8 Å². The summed E-state index contributed by atoms with van der Waals surface area (Å²) in [6.07, 6.45) is 4.85. The monoisotopic (exact) mass is 297 g/mol. The summed E-state index contributed by atoms with van der Waals surface area (Å²) in [5.41, 5.74) is 0. The highest BCUT2D eigenvalue weighted by molar-refractivity contribution is 7.99. The zero-order chi connectivity index (χ0) is 14.4. The van der Waals surface area contributed by atoms with Crippen LogP contribution in [-0.4, -0.2) is 38.4 Å². The Morgan fingerprint density at radius 3 is 2.90 bits per heavy atom. The van der Waals surface area contributed by atoms with Crippen LogP contribution in [0.5, 0.6) is 0 Å². The first-order valence-electron chi connectivity index (χ1n) is 7.28. The van der Waals surface area contributed by atoms with Crippen LogP contribution in [0, 0.1) is 5.92 Å². The Kier molecular flexibility index (Phi) is 5.82. The number of carbonyl (C=O) groups excluding carboxylic acids is 1. The van der Waals surface area contributed by atoms with Gasteiger partial charge < -0.3 is 5.32 Å². The Labute approximate surface area is 124 Å². The Hall–Kier alpha value is -1.11. The lowest BCUT2D eigenvalue weighted by Gasteiger charge is -2.11. The van der Waals surface area contributed by atoms with Gasteiger partial charge in [-0.2, -0.15) is 0 Å². The van der Waals surface area contributed by atoms with Crippen molar-refractivity contribution in [3.8, 4) is 0 Å². The van der Waals surface area contributed by atoms with E-state index >= 15 is 0 Å². The number of nitrogens with zero attached hydrogens (tertiary/aromatic N) is 4. The Bertz CT molecular complexity index is 428. The lowest BCUT2D eigenvalue weighted by molar-refractivity contribution is -0.118. The van der Waals surface area contributed by atoms with Crippen LogP contribution in [0.25, 0.3) is 0 Å². The molecule has 0 spiro atoms. The maximum absolute atomic E-state index is 11.6. The molecule has 0 aliphatic heterocycles. The van der Waals surface area contributed by atoms with E-state index in [9.17, 15) is 4.79 Å². The summed E-state index contributed by atoms with van der Waals surface area (Å²) in [4.78, 5) is 11.6. The lowest BCUT2D eigenvalue weighted by atomic mass is 10.2. The topological polar surface area (TPSA) is 72.7 Å². The molecule has 0 bridgehead atoms. The Balaban J connectivity index is 1.74. The van der Waals surface area contributed by atoms with Crippen molar-refractivity contribution < 1.29 is 4.79 Å². The smallest absolute Gasteiger partial charge is 0.230 e.